The lowest BCUT2D eigenvalue weighted by Crippen LogP contribution is -2.22. The minimum atomic E-state index is -0.178. The van der Waals surface area contributed by atoms with Crippen LogP contribution in [0.15, 0.2) is 42.5 Å². The molecule has 25 heavy (non-hydrogen) atoms. The molecule has 1 amide bonds. The number of carbonyl (C=O) groups excluding carboxylic acids is 1. The van der Waals surface area contributed by atoms with Gasteiger partial charge in [0, 0.05) is 5.02 Å². The Hall–Kier alpha value is -2.53. The fourth-order valence-electron chi connectivity index (χ4n) is 2.80. The molecule has 0 radical (unpaired) electrons. The zero-order valence-corrected chi connectivity index (χ0v) is 15.0. The molecule has 0 saturated heterocycles. The molecule has 0 unspecified atom stereocenters. The Bertz CT molecular complexity index is 892. The van der Waals surface area contributed by atoms with Crippen LogP contribution in [0.4, 0.5) is 0 Å². The predicted octanol–water partition coefficient (Wildman–Crippen LogP) is 3.88. The average Bonchev–Trinajstić information content (AvgIpc) is 2.97. The summed E-state index contributed by atoms with van der Waals surface area (Å²) in [4.78, 5) is 15.4. The third-order valence-electron chi connectivity index (χ3n) is 4.10. The van der Waals surface area contributed by atoms with Crippen LogP contribution in [0, 0.1) is 6.92 Å². The summed E-state index contributed by atoms with van der Waals surface area (Å²) >= 11 is 6.04. The first kappa shape index (κ1) is 17.3. The molecule has 0 aliphatic rings. The molecule has 0 aliphatic heterocycles. The van der Waals surface area contributed by atoms with Crippen LogP contribution in [-0.2, 0) is 11.3 Å². The summed E-state index contributed by atoms with van der Waals surface area (Å²) in [7, 11) is 0. The van der Waals surface area contributed by atoms with E-state index in [1.54, 1.807) is 0 Å². The van der Waals surface area contributed by atoms with Crippen molar-refractivity contribution in [2.45, 2.75) is 26.4 Å². The second-order valence-electron chi connectivity index (χ2n) is 5.88. The minimum absolute atomic E-state index is 0.178. The Morgan fingerprint density at radius 2 is 2.12 bits per heavy atom. The summed E-state index contributed by atoms with van der Waals surface area (Å²) in [6, 6.07) is 13.4. The lowest BCUT2D eigenvalue weighted by atomic mass is 10.2. The first-order valence-corrected chi connectivity index (χ1v) is 8.51. The average molecular weight is 358 g/mol. The van der Waals surface area contributed by atoms with Gasteiger partial charge < -0.3 is 14.6 Å². The molecular weight excluding hydrogens is 338 g/mol. The number of nitrogens with zero attached hydrogens (tertiary/aromatic N) is 2. The molecule has 6 heteroatoms. The van der Waals surface area contributed by atoms with Crippen LogP contribution in [-0.4, -0.2) is 22.6 Å². The highest BCUT2D eigenvalue weighted by atomic mass is 35.5. The summed E-state index contributed by atoms with van der Waals surface area (Å²) < 4.78 is 7.94. The molecule has 5 nitrogen and oxygen atoms in total. The molecule has 3 aromatic rings. The number of halogens is 1. The summed E-state index contributed by atoms with van der Waals surface area (Å²) in [5.74, 6) is 1.59. The van der Waals surface area contributed by atoms with Crippen molar-refractivity contribution in [2.24, 2.45) is 0 Å². The van der Waals surface area contributed by atoms with Crippen molar-refractivity contribution in [1.29, 1.82) is 0 Å². The second kappa shape index (κ2) is 7.57. The van der Waals surface area contributed by atoms with Crippen LogP contribution in [0.3, 0.4) is 0 Å². The van der Waals surface area contributed by atoms with E-state index in [9.17, 15) is 4.79 Å². The highest BCUT2D eigenvalue weighted by Gasteiger charge is 2.15. The van der Waals surface area contributed by atoms with Crippen molar-refractivity contribution in [3.63, 3.8) is 0 Å². The Labute approximate surface area is 151 Å². The Morgan fingerprint density at radius 3 is 2.88 bits per heavy atom. The van der Waals surface area contributed by atoms with E-state index in [1.807, 2.05) is 56.3 Å². The Morgan fingerprint density at radius 1 is 1.32 bits per heavy atom. The van der Waals surface area contributed by atoms with E-state index >= 15 is 0 Å². The molecule has 0 saturated carbocycles. The number of ether oxygens (including phenoxy) is 1. The fourth-order valence-corrected chi connectivity index (χ4v) is 2.92. The second-order valence-corrected chi connectivity index (χ2v) is 6.28. The van der Waals surface area contributed by atoms with Gasteiger partial charge in [-0.3, -0.25) is 4.79 Å². The van der Waals surface area contributed by atoms with E-state index in [4.69, 9.17) is 16.3 Å². The molecule has 1 N–H and O–H groups in total. The van der Waals surface area contributed by atoms with Gasteiger partial charge in [-0.05, 0) is 49.7 Å². The highest BCUT2D eigenvalue weighted by Crippen LogP contribution is 2.23. The minimum Gasteiger partial charge on any atom is -0.492 e. The number of benzene rings is 2. The number of carbonyl (C=O) groups is 1. The number of hydrogen-bond donors (Lipinski definition) is 1. The van der Waals surface area contributed by atoms with Crippen LogP contribution < -0.4 is 10.1 Å². The number of aromatic nitrogens is 2. The number of rotatable bonds is 7. The van der Waals surface area contributed by atoms with E-state index in [0.29, 0.717) is 19.6 Å². The van der Waals surface area contributed by atoms with Crippen molar-refractivity contribution in [3.8, 4) is 5.75 Å². The number of fused-ring (bicyclic) bond motifs is 1. The van der Waals surface area contributed by atoms with Gasteiger partial charge in [-0.1, -0.05) is 23.7 Å². The molecule has 1 aromatic heterocycles. The molecule has 0 bridgehead atoms. The number of para-hydroxylation sites is 2. The zero-order valence-electron chi connectivity index (χ0n) is 14.2. The summed E-state index contributed by atoms with van der Waals surface area (Å²) in [5.41, 5.74) is 2.91. The van der Waals surface area contributed by atoms with E-state index in [2.05, 4.69) is 14.9 Å². The van der Waals surface area contributed by atoms with Crippen molar-refractivity contribution < 1.29 is 9.53 Å². The molecule has 1 atom stereocenters. The van der Waals surface area contributed by atoms with Gasteiger partial charge in [-0.25, -0.2) is 4.98 Å². The number of amides is 1. The summed E-state index contributed by atoms with van der Waals surface area (Å²) in [6.45, 7) is 4.98. The topological polar surface area (TPSA) is 56.1 Å². The van der Waals surface area contributed by atoms with E-state index in [-0.39, 0.29) is 6.04 Å². The van der Waals surface area contributed by atoms with Crippen LogP contribution in [0.2, 0.25) is 5.02 Å². The van der Waals surface area contributed by atoms with Crippen LogP contribution >= 0.6 is 11.6 Å². The van der Waals surface area contributed by atoms with Crippen molar-refractivity contribution in [2.75, 3.05) is 6.61 Å². The number of aryl methyl sites for hydroxylation is 1. The van der Waals surface area contributed by atoms with Gasteiger partial charge in [-0.2, -0.15) is 0 Å². The van der Waals surface area contributed by atoms with E-state index in [1.165, 1.54) is 0 Å². The Kier molecular flexibility index (Phi) is 5.24. The largest absolute Gasteiger partial charge is 0.492 e. The molecule has 1 heterocycles. The van der Waals surface area contributed by atoms with Gasteiger partial charge in [0.25, 0.3) is 0 Å². The number of imidazole rings is 1. The summed E-state index contributed by atoms with van der Waals surface area (Å²) in [5, 5.41) is 3.49. The first-order chi connectivity index (χ1) is 12.1. The molecule has 0 fully saturated rings. The molecule has 0 aliphatic carbocycles. The maximum absolute atomic E-state index is 10.8. The third kappa shape index (κ3) is 3.77. The smallest absolute Gasteiger partial charge is 0.207 e. The Balaban J connectivity index is 1.80. The van der Waals surface area contributed by atoms with Crippen LogP contribution in [0.1, 0.15) is 24.4 Å². The van der Waals surface area contributed by atoms with Crippen molar-refractivity contribution in [3.05, 3.63) is 58.9 Å². The van der Waals surface area contributed by atoms with Gasteiger partial charge in [0.1, 0.15) is 18.2 Å². The van der Waals surface area contributed by atoms with Gasteiger partial charge in [0.05, 0.1) is 23.6 Å². The van der Waals surface area contributed by atoms with Crippen LogP contribution in [0.5, 0.6) is 5.75 Å². The summed E-state index contributed by atoms with van der Waals surface area (Å²) in [6.07, 6.45) is 0.696. The molecule has 0 spiro atoms. The fraction of sp³-hybridized carbons (Fsp3) is 0.263. The molecule has 130 valence electrons. The van der Waals surface area contributed by atoms with Gasteiger partial charge >= 0.3 is 0 Å². The monoisotopic (exact) mass is 357 g/mol. The van der Waals surface area contributed by atoms with E-state index in [0.717, 1.165) is 33.2 Å². The van der Waals surface area contributed by atoms with Crippen molar-refractivity contribution in [1.82, 2.24) is 14.9 Å². The SMILES string of the molecule is Cc1cc(OCCn2c([C@H](C)NC=O)nc3ccccc32)ccc1Cl. The first-order valence-electron chi connectivity index (χ1n) is 8.14. The third-order valence-corrected chi connectivity index (χ3v) is 4.53. The zero-order chi connectivity index (χ0) is 17.8. The van der Waals surface area contributed by atoms with E-state index < -0.39 is 0 Å². The van der Waals surface area contributed by atoms with Crippen molar-refractivity contribution >= 4 is 29.0 Å². The van der Waals surface area contributed by atoms with Crippen LogP contribution in [0.25, 0.3) is 11.0 Å². The highest BCUT2D eigenvalue weighted by molar-refractivity contribution is 6.31. The molecular formula is C19H20ClN3O2. The lowest BCUT2D eigenvalue weighted by molar-refractivity contribution is -0.110. The quantitative estimate of drug-likeness (QED) is 0.653. The van der Waals surface area contributed by atoms with Gasteiger partial charge in [0.15, 0.2) is 0 Å². The predicted molar refractivity (Wildman–Crippen MR) is 99.0 cm³/mol. The number of nitrogens with one attached hydrogen (secondary N) is 1. The normalized spacial score (nSPS) is 12.1. The molecule has 2 aromatic carbocycles. The maximum Gasteiger partial charge on any atom is 0.207 e. The molecule has 3 rings (SSSR count). The maximum atomic E-state index is 10.8. The lowest BCUT2D eigenvalue weighted by Gasteiger charge is -2.15. The van der Waals surface area contributed by atoms with Gasteiger partial charge in [0.2, 0.25) is 6.41 Å². The standard InChI is InChI=1S/C19H20ClN3O2/c1-13-11-15(7-8-16(13)20)25-10-9-23-18-6-4-3-5-17(18)22-19(23)14(2)21-12-24/h3-8,11-12,14H,9-10H2,1-2H3,(H,21,24)/t14-/m0/s1. The van der Waals surface area contributed by atoms with Gasteiger partial charge in [-0.15, -0.1) is 0 Å². The number of hydrogen-bond acceptors (Lipinski definition) is 3.